The summed E-state index contributed by atoms with van der Waals surface area (Å²) in [7, 11) is 3.23. The smallest absolute Gasteiger partial charge is 0.275 e. The van der Waals surface area contributed by atoms with Crippen molar-refractivity contribution in [3.05, 3.63) is 111 Å². The number of pyridine rings is 1. The first-order valence-corrected chi connectivity index (χ1v) is 10.7. The van der Waals surface area contributed by atoms with Crippen LogP contribution in [0.3, 0.4) is 0 Å². The van der Waals surface area contributed by atoms with Crippen molar-refractivity contribution in [1.29, 1.82) is 0 Å². The molecule has 33 heavy (non-hydrogen) atoms. The van der Waals surface area contributed by atoms with Gasteiger partial charge in [-0.05, 0) is 53.4 Å². The van der Waals surface area contributed by atoms with Crippen LogP contribution in [0.1, 0.15) is 27.2 Å². The summed E-state index contributed by atoms with van der Waals surface area (Å²) in [5.41, 5.74) is 2.99. The molecule has 0 atom stereocenters. The molecule has 7 nitrogen and oxygen atoms in total. The third kappa shape index (κ3) is 5.32. The summed E-state index contributed by atoms with van der Waals surface area (Å²) in [4.78, 5) is 29.6. The Hall–Kier alpha value is -3.84. The van der Waals surface area contributed by atoms with Crippen LogP contribution in [0.25, 0.3) is 0 Å². The van der Waals surface area contributed by atoms with Gasteiger partial charge in [-0.25, -0.2) is 4.98 Å². The van der Waals surface area contributed by atoms with Crippen LogP contribution in [0.2, 0.25) is 5.02 Å². The summed E-state index contributed by atoms with van der Waals surface area (Å²) in [5.74, 6) is 0.737. The minimum absolute atomic E-state index is 0.253. The van der Waals surface area contributed by atoms with E-state index in [9.17, 15) is 9.59 Å². The van der Waals surface area contributed by atoms with Gasteiger partial charge >= 0.3 is 0 Å². The number of halogens is 1. The van der Waals surface area contributed by atoms with Crippen molar-refractivity contribution < 1.29 is 9.53 Å². The number of hydrogen-bond acceptors (Lipinski definition) is 4. The Morgan fingerprint density at radius 3 is 2.45 bits per heavy atom. The lowest BCUT2D eigenvalue weighted by molar-refractivity contribution is 0.101. The van der Waals surface area contributed by atoms with Gasteiger partial charge in [0.25, 0.3) is 11.5 Å². The van der Waals surface area contributed by atoms with Crippen molar-refractivity contribution in [2.75, 3.05) is 12.4 Å². The Labute approximate surface area is 196 Å². The van der Waals surface area contributed by atoms with Crippen LogP contribution < -0.4 is 15.6 Å². The van der Waals surface area contributed by atoms with E-state index in [0.29, 0.717) is 23.8 Å². The van der Waals surface area contributed by atoms with Gasteiger partial charge in [0.05, 0.1) is 13.7 Å². The highest BCUT2D eigenvalue weighted by atomic mass is 35.5. The molecular formula is C25H23ClN4O3. The number of carbonyl (C=O) groups is 1. The summed E-state index contributed by atoms with van der Waals surface area (Å²) in [5, 5.41) is 3.47. The number of hydrogen-bond donors (Lipinski definition) is 1. The molecule has 4 rings (SSSR count). The maximum absolute atomic E-state index is 12.9. The second kappa shape index (κ2) is 9.75. The van der Waals surface area contributed by atoms with Crippen molar-refractivity contribution in [3.8, 4) is 5.75 Å². The third-order valence-electron chi connectivity index (χ3n) is 5.31. The van der Waals surface area contributed by atoms with Gasteiger partial charge in [-0.1, -0.05) is 41.9 Å². The molecule has 0 aliphatic carbocycles. The number of nitrogens with one attached hydrogen (secondary N) is 1. The third-order valence-corrected chi connectivity index (χ3v) is 5.54. The molecule has 2 heterocycles. The van der Waals surface area contributed by atoms with Gasteiger partial charge in [-0.2, -0.15) is 0 Å². The Balaban J connectivity index is 1.49. The molecule has 0 saturated heterocycles. The number of benzene rings is 2. The van der Waals surface area contributed by atoms with Crippen molar-refractivity contribution in [2.24, 2.45) is 7.05 Å². The normalized spacial score (nSPS) is 10.8. The monoisotopic (exact) mass is 462 g/mol. The molecule has 0 aliphatic heterocycles. The predicted octanol–water partition coefficient (Wildman–Crippen LogP) is 4.14. The van der Waals surface area contributed by atoms with Gasteiger partial charge in [0.1, 0.15) is 17.3 Å². The molecular weight excluding hydrogens is 440 g/mol. The molecule has 0 aliphatic rings. The highest BCUT2D eigenvalue weighted by Gasteiger charge is 2.17. The molecule has 0 fully saturated rings. The minimum Gasteiger partial charge on any atom is -0.497 e. The van der Waals surface area contributed by atoms with Crippen LogP contribution in [0.5, 0.6) is 5.75 Å². The molecule has 2 aromatic heterocycles. The van der Waals surface area contributed by atoms with E-state index < -0.39 is 5.91 Å². The predicted molar refractivity (Wildman–Crippen MR) is 128 cm³/mol. The van der Waals surface area contributed by atoms with E-state index >= 15 is 0 Å². The van der Waals surface area contributed by atoms with Crippen LogP contribution in [-0.4, -0.2) is 27.4 Å². The SMILES string of the molecule is COc1ccc(Cn2c(C(=O)Nc3ccc(Cc4cccc(Cl)c4)cn3)cc(=O)n2C)cc1. The van der Waals surface area contributed by atoms with Crippen LogP contribution in [0, 0.1) is 0 Å². The Morgan fingerprint density at radius 1 is 1.03 bits per heavy atom. The number of carbonyl (C=O) groups excluding carboxylic acids is 1. The van der Waals surface area contributed by atoms with Crippen molar-refractivity contribution in [2.45, 2.75) is 13.0 Å². The zero-order chi connectivity index (χ0) is 23.4. The van der Waals surface area contributed by atoms with Gasteiger partial charge in [-0.15, -0.1) is 0 Å². The number of ether oxygens (including phenoxy) is 1. The fourth-order valence-corrected chi connectivity index (χ4v) is 3.72. The van der Waals surface area contributed by atoms with E-state index in [2.05, 4.69) is 10.3 Å². The zero-order valence-corrected chi connectivity index (χ0v) is 19.0. The largest absolute Gasteiger partial charge is 0.497 e. The molecule has 0 radical (unpaired) electrons. The van der Waals surface area contributed by atoms with E-state index in [1.54, 1.807) is 31.1 Å². The molecule has 168 valence electrons. The summed E-state index contributed by atoms with van der Waals surface area (Å²) in [6, 6.07) is 20.1. The lowest BCUT2D eigenvalue weighted by atomic mass is 10.1. The fraction of sp³-hybridized carbons (Fsp3) is 0.160. The second-order valence-corrected chi connectivity index (χ2v) is 8.05. The first-order chi connectivity index (χ1) is 15.9. The molecule has 1 N–H and O–H groups in total. The molecule has 0 bridgehead atoms. The molecule has 1 amide bonds. The van der Waals surface area contributed by atoms with Crippen molar-refractivity contribution in [3.63, 3.8) is 0 Å². The summed E-state index contributed by atoms with van der Waals surface area (Å²) in [6.07, 6.45) is 2.40. The molecule has 0 saturated carbocycles. The first kappa shape index (κ1) is 22.4. The highest BCUT2D eigenvalue weighted by Crippen LogP contribution is 2.16. The summed E-state index contributed by atoms with van der Waals surface area (Å²) >= 11 is 6.05. The standard InChI is InChI=1S/C25H23ClN4O3/c1-29-24(31)14-22(30(29)16-17-6-9-21(33-2)10-7-17)25(32)28-23-11-8-19(15-27-23)12-18-4-3-5-20(26)13-18/h3-11,13-15H,12,16H2,1-2H3,(H,27,28,32). The summed E-state index contributed by atoms with van der Waals surface area (Å²) < 4.78 is 8.23. The van der Waals surface area contributed by atoms with E-state index in [1.165, 1.54) is 10.7 Å². The first-order valence-electron chi connectivity index (χ1n) is 10.3. The quantitative estimate of drug-likeness (QED) is 0.448. The molecule has 4 aromatic rings. The van der Waals surface area contributed by atoms with E-state index in [-0.39, 0.29) is 11.3 Å². The van der Waals surface area contributed by atoms with Gasteiger partial charge < -0.3 is 10.1 Å². The molecule has 0 unspecified atom stereocenters. The lowest BCUT2D eigenvalue weighted by Gasteiger charge is -2.13. The Bertz CT molecular complexity index is 1330. The minimum atomic E-state index is -0.406. The lowest BCUT2D eigenvalue weighted by Crippen LogP contribution is -2.23. The number of nitrogens with zero attached hydrogens (tertiary/aromatic N) is 3. The summed E-state index contributed by atoms with van der Waals surface area (Å²) in [6.45, 7) is 0.359. The molecule has 8 heteroatoms. The van der Waals surface area contributed by atoms with Crippen LogP contribution in [0.4, 0.5) is 5.82 Å². The van der Waals surface area contributed by atoms with Crippen LogP contribution in [-0.2, 0) is 20.0 Å². The van der Waals surface area contributed by atoms with E-state index in [0.717, 1.165) is 22.4 Å². The van der Waals surface area contributed by atoms with Crippen LogP contribution >= 0.6 is 11.6 Å². The van der Waals surface area contributed by atoms with E-state index in [1.807, 2.05) is 54.6 Å². The number of amides is 1. The Morgan fingerprint density at radius 2 is 1.79 bits per heavy atom. The van der Waals surface area contributed by atoms with Gasteiger partial charge in [0.15, 0.2) is 0 Å². The van der Waals surface area contributed by atoms with Crippen molar-refractivity contribution in [1.82, 2.24) is 14.3 Å². The average molecular weight is 463 g/mol. The fourth-order valence-electron chi connectivity index (χ4n) is 3.51. The second-order valence-electron chi connectivity index (χ2n) is 7.61. The van der Waals surface area contributed by atoms with Gasteiger partial charge in [-0.3, -0.25) is 19.0 Å². The maximum Gasteiger partial charge on any atom is 0.275 e. The molecule has 0 spiro atoms. The van der Waals surface area contributed by atoms with Crippen LogP contribution in [0.15, 0.2) is 77.7 Å². The van der Waals surface area contributed by atoms with E-state index in [4.69, 9.17) is 16.3 Å². The number of aromatic nitrogens is 3. The number of anilines is 1. The van der Waals surface area contributed by atoms with Crippen molar-refractivity contribution >= 4 is 23.3 Å². The Kier molecular flexibility index (Phi) is 6.60. The highest BCUT2D eigenvalue weighted by molar-refractivity contribution is 6.30. The van der Waals surface area contributed by atoms with Gasteiger partial charge in [0.2, 0.25) is 0 Å². The topological polar surface area (TPSA) is 78.2 Å². The number of rotatable bonds is 7. The molecule has 2 aromatic carbocycles. The van der Waals surface area contributed by atoms with Gasteiger partial charge in [0, 0.05) is 24.3 Å². The zero-order valence-electron chi connectivity index (χ0n) is 18.3. The maximum atomic E-state index is 12.9. The number of methoxy groups -OCH3 is 1. The average Bonchev–Trinajstić information content (AvgIpc) is 3.09.